The molecule has 0 radical (unpaired) electrons. The highest BCUT2D eigenvalue weighted by Crippen LogP contribution is 2.22. The molecular formula is C50H89NO8. The Hall–Kier alpha value is -2.11. The van der Waals surface area contributed by atoms with Crippen LogP contribution in [0.1, 0.15) is 194 Å². The quantitative estimate of drug-likeness (QED) is 0.0265. The van der Waals surface area contributed by atoms with Gasteiger partial charge in [-0.05, 0) is 64.2 Å². The minimum absolute atomic E-state index is 0.194. The topological polar surface area (TPSA) is 149 Å². The lowest BCUT2D eigenvalue weighted by atomic mass is 9.99. The van der Waals surface area contributed by atoms with Gasteiger partial charge in [-0.25, -0.2) is 0 Å². The molecule has 6 N–H and O–H groups in total. The highest BCUT2D eigenvalue weighted by molar-refractivity contribution is 5.76. The van der Waals surface area contributed by atoms with Crippen molar-refractivity contribution in [1.82, 2.24) is 5.32 Å². The van der Waals surface area contributed by atoms with Gasteiger partial charge in [0.25, 0.3) is 0 Å². The van der Waals surface area contributed by atoms with E-state index >= 15 is 0 Å². The van der Waals surface area contributed by atoms with Crippen molar-refractivity contribution in [3.63, 3.8) is 0 Å². The van der Waals surface area contributed by atoms with Crippen LogP contribution in [0, 0.1) is 0 Å². The van der Waals surface area contributed by atoms with E-state index in [4.69, 9.17) is 9.47 Å². The maximum Gasteiger partial charge on any atom is 0.220 e. The fourth-order valence-electron chi connectivity index (χ4n) is 7.19. The summed E-state index contributed by atoms with van der Waals surface area (Å²) >= 11 is 0. The van der Waals surface area contributed by atoms with Gasteiger partial charge in [0.1, 0.15) is 24.4 Å². The van der Waals surface area contributed by atoms with E-state index in [0.717, 1.165) is 57.8 Å². The molecule has 9 nitrogen and oxygen atoms in total. The molecule has 1 amide bonds. The van der Waals surface area contributed by atoms with Crippen molar-refractivity contribution < 1.29 is 39.8 Å². The van der Waals surface area contributed by atoms with E-state index in [1.54, 1.807) is 6.08 Å². The van der Waals surface area contributed by atoms with E-state index in [-0.39, 0.29) is 12.5 Å². The van der Waals surface area contributed by atoms with Gasteiger partial charge in [-0.15, -0.1) is 0 Å². The number of aliphatic hydroxyl groups is 5. The maximum absolute atomic E-state index is 12.9. The molecular weight excluding hydrogens is 743 g/mol. The summed E-state index contributed by atoms with van der Waals surface area (Å²) in [5.74, 6) is -0.194. The van der Waals surface area contributed by atoms with E-state index in [1.807, 2.05) is 6.08 Å². The van der Waals surface area contributed by atoms with Crippen LogP contribution in [0.25, 0.3) is 0 Å². The normalized spacial score (nSPS) is 21.2. The monoisotopic (exact) mass is 832 g/mol. The van der Waals surface area contributed by atoms with Crippen LogP contribution in [0.5, 0.6) is 0 Å². The molecule has 1 aliphatic rings. The number of hydrogen-bond donors (Lipinski definition) is 6. The first-order valence-corrected chi connectivity index (χ1v) is 24.0. The molecule has 342 valence electrons. The van der Waals surface area contributed by atoms with E-state index in [9.17, 15) is 30.3 Å². The molecule has 1 rings (SSSR count). The van der Waals surface area contributed by atoms with E-state index in [0.29, 0.717) is 6.42 Å². The zero-order valence-corrected chi connectivity index (χ0v) is 37.5. The highest BCUT2D eigenvalue weighted by Gasteiger charge is 2.44. The van der Waals surface area contributed by atoms with Crippen molar-refractivity contribution in [3.05, 3.63) is 60.8 Å². The molecule has 7 atom stereocenters. The van der Waals surface area contributed by atoms with Crippen LogP contribution in [0.15, 0.2) is 60.8 Å². The summed E-state index contributed by atoms with van der Waals surface area (Å²) in [7, 11) is 0. The molecule has 1 saturated heterocycles. The first-order chi connectivity index (χ1) is 28.8. The van der Waals surface area contributed by atoms with Gasteiger partial charge in [0.2, 0.25) is 5.91 Å². The fraction of sp³-hybridized carbons (Fsp3) is 0.780. The average molecular weight is 832 g/mol. The van der Waals surface area contributed by atoms with Crippen LogP contribution in [0.4, 0.5) is 0 Å². The second kappa shape index (κ2) is 40.0. The van der Waals surface area contributed by atoms with Crippen molar-refractivity contribution in [1.29, 1.82) is 0 Å². The highest BCUT2D eigenvalue weighted by atomic mass is 16.7. The predicted octanol–water partition coefficient (Wildman–Crippen LogP) is 10.4. The molecule has 0 saturated carbocycles. The number of nitrogens with one attached hydrogen (secondary N) is 1. The smallest absolute Gasteiger partial charge is 0.220 e. The Morgan fingerprint density at radius 3 is 1.59 bits per heavy atom. The second-order valence-electron chi connectivity index (χ2n) is 16.5. The van der Waals surface area contributed by atoms with Crippen LogP contribution in [-0.4, -0.2) is 87.5 Å². The lowest BCUT2D eigenvalue weighted by Crippen LogP contribution is -2.60. The summed E-state index contributed by atoms with van der Waals surface area (Å²) in [6.45, 7) is 3.62. The number of ether oxygens (including phenoxy) is 2. The molecule has 59 heavy (non-hydrogen) atoms. The van der Waals surface area contributed by atoms with Gasteiger partial charge in [-0.3, -0.25) is 4.79 Å². The Bertz CT molecular complexity index is 1100. The SMILES string of the molecule is CCC/C=C/CC/C=C/C(O)C(COC1OC(CO)C(O)C(O)C1O)NC(=O)CCCCCCCCCCCCCCCC/C=C\C/C=C\C/C=C\CCCCCCC. The number of aliphatic hydroxyl groups excluding tert-OH is 5. The lowest BCUT2D eigenvalue weighted by molar-refractivity contribution is -0.302. The van der Waals surface area contributed by atoms with Gasteiger partial charge in [-0.1, -0.05) is 184 Å². The second-order valence-corrected chi connectivity index (χ2v) is 16.5. The fourth-order valence-corrected chi connectivity index (χ4v) is 7.19. The lowest BCUT2D eigenvalue weighted by Gasteiger charge is -2.40. The Labute approximate surface area is 360 Å². The van der Waals surface area contributed by atoms with E-state index < -0.39 is 49.5 Å². The number of amides is 1. The van der Waals surface area contributed by atoms with Gasteiger partial charge < -0.3 is 40.3 Å². The third-order valence-corrected chi connectivity index (χ3v) is 11.0. The standard InChI is InChI=1S/C50H89NO8/c1-3-5-7-9-11-12-13-14-15-16-17-18-19-20-21-22-23-24-25-26-27-28-29-30-31-32-34-36-38-40-46(54)51-43(44(53)39-37-35-33-10-8-6-4-2)42-58-50-49(57)48(56)47(55)45(41-52)59-50/h8,10,13-14,16-17,19-20,37,39,43-45,47-50,52-53,55-57H,3-7,9,11-12,15,18,21-36,38,40-42H2,1-2H3,(H,51,54)/b10-8+,14-13-,17-16-,20-19-,39-37+. The third-order valence-electron chi connectivity index (χ3n) is 11.0. The summed E-state index contributed by atoms with van der Waals surface area (Å²) in [5.41, 5.74) is 0. The van der Waals surface area contributed by atoms with Gasteiger partial charge >= 0.3 is 0 Å². The Kier molecular flexibility index (Phi) is 37.2. The summed E-state index contributed by atoms with van der Waals surface area (Å²) in [6, 6.07) is -0.820. The molecule has 0 spiro atoms. The van der Waals surface area contributed by atoms with Gasteiger partial charge in [0, 0.05) is 6.42 Å². The van der Waals surface area contributed by atoms with Crippen LogP contribution >= 0.6 is 0 Å². The predicted molar refractivity (Wildman–Crippen MR) is 244 cm³/mol. The van der Waals surface area contributed by atoms with Crippen LogP contribution in [0.3, 0.4) is 0 Å². The number of hydrogen-bond acceptors (Lipinski definition) is 8. The molecule has 0 aromatic heterocycles. The molecule has 9 heteroatoms. The Balaban J connectivity index is 2.13. The van der Waals surface area contributed by atoms with E-state index in [2.05, 4.69) is 67.8 Å². The largest absolute Gasteiger partial charge is 0.394 e. The number of rotatable bonds is 39. The average Bonchev–Trinajstić information content (AvgIpc) is 3.23. The zero-order valence-electron chi connectivity index (χ0n) is 37.5. The van der Waals surface area contributed by atoms with Crippen molar-refractivity contribution >= 4 is 5.91 Å². The maximum atomic E-state index is 12.9. The third kappa shape index (κ3) is 30.6. The van der Waals surface area contributed by atoms with Crippen LogP contribution in [0.2, 0.25) is 0 Å². The van der Waals surface area contributed by atoms with Crippen molar-refractivity contribution in [3.8, 4) is 0 Å². The molecule has 1 aliphatic heterocycles. The van der Waals surface area contributed by atoms with E-state index in [1.165, 1.54) is 116 Å². The molecule has 7 unspecified atom stereocenters. The number of unbranched alkanes of at least 4 members (excludes halogenated alkanes) is 21. The van der Waals surface area contributed by atoms with Crippen molar-refractivity contribution in [2.24, 2.45) is 0 Å². The van der Waals surface area contributed by atoms with Crippen molar-refractivity contribution in [2.45, 2.75) is 236 Å². The van der Waals surface area contributed by atoms with Crippen LogP contribution < -0.4 is 5.32 Å². The van der Waals surface area contributed by atoms with Gasteiger partial charge in [0.15, 0.2) is 6.29 Å². The minimum Gasteiger partial charge on any atom is -0.394 e. The zero-order chi connectivity index (χ0) is 43.0. The molecule has 0 aromatic rings. The summed E-state index contributed by atoms with van der Waals surface area (Å²) < 4.78 is 11.1. The molecule has 0 aromatic carbocycles. The Morgan fingerprint density at radius 2 is 1.05 bits per heavy atom. The summed E-state index contributed by atoms with van der Waals surface area (Å²) in [6.07, 6.45) is 46.0. The molecule has 1 fully saturated rings. The first kappa shape index (κ1) is 54.9. The summed E-state index contributed by atoms with van der Waals surface area (Å²) in [5, 5.41) is 53.9. The number of carbonyl (C=O) groups excluding carboxylic acids is 1. The summed E-state index contributed by atoms with van der Waals surface area (Å²) in [4.78, 5) is 12.9. The molecule has 1 heterocycles. The van der Waals surface area contributed by atoms with Gasteiger partial charge in [0.05, 0.1) is 25.4 Å². The molecule has 0 bridgehead atoms. The van der Waals surface area contributed by atoms with Crippen LogP contribution in [-0.2, 0) is 14.3 Å². The minimum atomic E-state index is -1.57. The van der Waals surface area contributed by atoms with Gasteiger partial charge in [-0.2, -0.15) is 0 Å². The van der Waals surface area contributed by atoms with Crippen molar-refractivity contribution in [2.75, 3.05) is 13.2 Å². The Morgan fingerprint density at radius 1 is 0.576 bits per heavy atom. The first-order valence-electron chi connectivity index (χ1n) is 24.0. The number of allylic oxidation sites excluding steroid dienone is 9. The molecule has 0 aliphatic carbocycles. The number of carbonyl (C=O) groups is 1.